The van der Waals surface area contributed by atoms with E-state index < -0.39 is 0 Å². The Kier molecular flexibility index (Phi) is 7.58. The lowest BCUT2D eigenvalue weighted by Gasteiger charge is -2.41. The number of nitrogens with one attached hydrogen (secondary N) is 1. The van der Waals surface area contributed by atoms with Crippen LogP contribution in [0.5, 0.6) is 0 Å². The van der Waals surface area contributed by atoms with Crippen LogP contribution in [0.1, 0.15) is 78.0 Å². The molecule has 0 atom stereocenters. The van der Waals surface area contributed by atoms with Gasteiger partial charge in [0.25, 0.3) is 0 Å². The van der Waals surface area contributed by atoms with Crippen LogP contribution >= 0.6 is 11.3 Å². The van der Waals surface area contributed by atoms with E-state index in [-0.39, 0.29) is 16.2 Å². The average molecular weight is 872 g/mol. The Morgan fingerprint density at radius 2 is 1.26 bits per heavy atom. The number of aromatic nitrogens is 1. The molecule has 0 spiro atoms. The van der Waals surface area contributed by atoms with Gasteiger partial charge in [0.2, 0.25) is 0 Å². The molecule has 0 amide bonds. The van der Waals surface area contributed by atoms with Gasteiger partial charge in [0.05, 0.1) is 10.9 Å². The van der Waals surface area contributed by atoms with Gasteiger partial charge in [-0.3, -0.25) is 0 Å². The zero-order valence-corrected chi connectivity index (χ0v) is 39.2. The Morgan fingerprint density at radius 3 is 2.02 bits per heavy atom. The normalized spacial score (nSPS) is 15.4. The largest absolute Gasteiger partial charge is 0.456 e. The second kappa shape index (κ2) is 13.0. The maximum absolute atomic E-state index is 6.81. The molecule has 4 aromatic heterocycles. The summed E-state index contributed by atoms with van der Waals surface area (Å²) in [6.07, 6.45) is 2.38. The first-order valence-corrected chi connectivity index (χ1v) is 24.3. The molecule has 5 heterocycles. The quantitative estimate of drug-likeness (QED) is 0.180. The smallest absolute Gasteiger partial charge is 0.197 e. The van der Waals surface area contributed by atoms with Crippen molar-refractivity contribution in [3.63, 3.8) is 0 Å². The van der Waals surface area contributed by atoms with Gasteiger partial charge in [0.15, 0.2) is 7.28 Å². The van der Waals surface area contributed by atoms with Gasteiger partial charge in [-0.25, -0.2) is 0 Å². The van der Waals surface area contributed by atoms with Crippen LogP contribution in [-0.4, -0.2) is 11.8 Å². The van der Waals surface area contributed by atoms with Crippen LogP contribution in [0.4, 0.5) is 11.4 Å². The molecule has 1 aliphatic heterocycles. The number of anilines is 2. The van der Waals surface area contributed by atoms with Crippen LogP contribution in [0.25, 0.3) is 103 Å². The summed E-state index contributed by atoms with van der Waals surface area (Å²) in [5, 5.41) is 13.5. The fraction of sp³-hybridized carbons (Fsp3) is 0.200. The van der Waals surface area contributed by atoms with Gasteiger partial charge in [0.1, 0.15) is 22.3 Å². The number of para-hydroxylation sites is 2. The van der Waals surface area contributed by atoms with E-state index in [4.69, 9.17) is 8.83 Å². The highest BCUT2D eigenvalue weighted by molar-refractivity contribution is 7.25. The minimum atomic E-state index is 0.0601. The second-order valence-corrected chi connectivity index (χ2v) is 22.5. The van der Waals surface area contributed by atoms with Gasteiger partial charge in [0, 0.05) is 81.3 Å². The van der Waals surface area contributed by atoms with Crippen LogP contribution in [0.2, 0.25) is 0 Å². The van der Waals surface area contributed by atoms with Gasteiger partial charge in [-0.05, 0) is 117 Å². The van der Waals surface area contributed by atoms with Crippen LogP contribution in [0, 0.1) is 0 Å². The summed E-state index contributed by atoms with van der Waals surface area (Å²) in [7, 11) is 2.43. The number of fused-ring (bicyclic) bond motifs is 16. The molecule has 12 aromatic rings. The SMILES string of the molecule is CC(C)(C)c1ccc(Nc2cc3c(cc2-c2ccc4c5c6oc7ccccc7c6ccc5n5c4c2[B]c2cc4c(cc2-5)oc2ccccc24)sc2cc4c(cc23)C(C)(C)CCC4(C)C)cc1. The highest BCUT2D eigenvalue weighted by Gasteiger charge is 2.38. The average Bonchev–Trinajstić information content (AvgIpc) is 4.06. The zero-order valence-electron chi connectivity index (χ0n) is 38.4. The molecule has 319 valence electrons. The van der Waals surface area contributed by atoms with Crippen molar-refractivity contribution in [3.05, 3.63) is 150 Å². The van der Waals surface area contributed by atoms with E-state index in [9.17, 15) is 0 Å². The topological polar surface area (TPSA) is 43.2 Å². The molecule has 6 heteroatoms. The standard InChI is InChI=1S/C60H48BN2O2S/c1-58(2,3)32-16-18-33(19-17-32)62-46-28-42-41-26-43-44(60(6,7)25-24-59(43,4)5)30-53(41)66-52(42)29-39(46)36-20-21-38-54-47(23-22-37-34-12-8-11-15-50(34)65-57(37)54)63-48-31-51-40(27-45(48)61-55(36)56(38)63)35-13-9-10-14-49(35)64-51/h8-23,26-31,62H,24-25H2,1-7H3. The fourth-order valence-corrected chi connectivity index (χ4v) is 12.8. The van der Waals surface area contributed by atoms with E-state index in [0.717, 1.165) is 77.3 Å². The third-order valence-electron chi connectivity index (χ3n) is 15.4. The molecule has 4 nitrogen and oxygen atoms in total. The first-order valence-electron chi connectivity index (χ1n) is 23.4. The minimum Gasteiger partial charge on any atom is -0.456 e. The molecular weight excluding hydrogens is 824 g/mol. The molecule has 8 aromatic carbocycles. The number of furan rings is 2. The van der Waals surface area contributed by atoms with E-state index in [2.05, 4.69) is 193 Å². The number of hydrogen-bond acceptors (Lipinski definition) is 4. The lowest BCUT2D eigenvalue weighted by molar-refractivity contribution is 0.332. The molecule has 1 N–H and O–H groups in total. The molecule has 0 unspecified atom stereocenters. The van der Waals surface area contributed by atoms with Gasteiger partial charge in [-0.1, -0.05) is 121 Å². The Balaban J connectivity index is 1.07. The highest BCUT2D eigenvalue weighted by atomic mass is 32.1. The van der Waals surface area contributed by atoms with E-state index in [1.54, 1.807) is 0 Å². The Bertz CT molecular complexity index is 4090. The predicted octanol–water partition coefficient (Wildman–Crippen LogP) is 16.0. The lowest BCUT2D eigenvalue weighted by atomic mass is 9.59. The first-order chi connectivity index (χ1) is 31.8. The van der Waals surface area contributed by atoms with E-state index in [1.165, 1.54) is 77.2 Å². The summed E-state index contributed by atoms with van der Waals surface area (Å²) < 4.78 is 18.5. The Labute approximate surface area is 388 Å². The molecule has 0 saturated heterocycles. The van der Waals surface area contributed by atoms with Crippen molar-refractivity contribution in [1.82, 2.24) is 4.57 Å². The van der Waals surface area contributed by atoms with Crippen molar-refractivity contribution < 1.29 is 8.83 Å². The van der Waals surface area contributed by atoms with Crippen molar-refractivity contribution in [2.24, 2.45) is 0 Å². The molecule has 0 saturated carbocycles. The summed E-state index contributed by atoms with van der Waals surface area (Å²) in [4.78, 5) is 0. The van der Waals surface area contributed by atoms with Crippen molar-refractivity contribution in [2.45, 2.75) is 77.6 Å². The molecule has 0 fully saturated rings. The summed E-state index contributed by atoms with van der Waals surface area (Å²) >= 11 is 1.93. The number of rotatable bonds is 3. The minimum absolute atomic E-state index is 0.0601. The summed E-state index contributed by atoms with van der Waals surface area (Å²) in [5.74, 6) is 0. The Morgan fingerprint density at radius 1 is 0.591 bits per heavy atom. The number of thiophene rings is 1. The van der Waals surface area contributed by atoms with Gasteiger partial charge < -0.3 is 18.7 Å². The van der Waals surface area contributed by atoms with E-state index in [1.807, 2.05) is 17.4 Å². The molecule has 1 radical (unpaired) electrons. The number of hydrogen-bond donors (Lipinski definition) is 1. The Hall–Kier alpha value is -6.76. The van der Waals surface area contributed by atoms with Gasteiger partial charge in [-0.2, -0.15) is 0 Å². The molecule has 2 aliphatic rings. The van der Waals surface area contributed by atoms with Crippen molar-refractivity contribution in [2.75, 3.05) is 5.32 Å². The fourth-order valence-electron chi connectivity index (χ4n) is 11.7. The van der Waals surface area contributed by atoms with Crippen molar-refractivity contribution in [3.8, 4) is 16.8 Å². The lowest BCUT2D eigenvalue weighted by Crippen LogP contribution is -2.37. The van der Waals surface area contributed by atoms with Crippen LogP contribution in [0.3, 0.4) is 0 Å². The summed E-state index contributed by atoms with van der Waals surface area (Å²) in [5.41, 5.74) is 18.5. The highest BCUT2D eigenvalue weighted by Crippen LogP contribution is 2.51. The monoisotopic (exact) mass is 871 g/mol. The van der Waals surface area contributed by atoms with Crippen LogP contribution in [-0.2, 0) is 16.2 Å². The van der Waals surface area contributed by atoms with Crippen LogP contribution < -0.4 is 16.2 Å². The second-order valence-electron chi connectivity index (χ2n) is 21.5. The summed E-state index contributed by atoms with van der Waals surface area (Å²) in [6, 6.07) is 49.6. The predicted molar refractivity (Wildman–Crippen MR) is 282 cm³/mol. The van der Waals surface area contributed by atoms with Crippen molar-refractivity contribution in [1.29, 1.82) is 0 Å². The maximum Gasteiger partial charge on any atom is 0.197 e. The molecule has 1 aliphatic carbocycles. The molecule has 66 heavy (non-hydrogen) atoms. The third kappa shape index (κ3) is 5.33. The molecular formula is C60H48BN2O2S. The third-order valence-corrected chi connectivity index (χ3v) is 16.6. The molecule has 14 rings (SSSR count). The first kappa shape index (κ1) is 38.5. The molecule has 0 bridgehead atoms. The number of nitrogens with zero attached hydrogens (tertiary/aromatic N) is 1. The van der Waals surface area contributed by atoms with E-state index in [0.29, 0.717) is 0 Å². The van der Waals surface area contributed by atoms with Gasteiger partial charge >= 0.3 is 0 Å². The maximum atomic E-state index is 6.81. The summed E-state index contributed by atoms with van der Waals surface area (Å²) in [6.45, 7) is 16.6. The van der Waals surface area contributed by atoms with Crippen molar-refractivity contribution >= 4 is 127 Å². The zero-order chi connectivity index (χ0) is 44.6. The number of benzene rings is 8. The van der Waals surface area contributed by atoms with E-state index >= 15 is 0 Å². The van der Waals surface area contributed by atoms with Crippen LogP contribution in [0.15, 0.2) is 142 Å². The van der Waals surface area contributed by atoms with Gasteiger partial charge in [-0.15, -0.1) is 11.3 Å².